The molecule has 5 N–H and O–H groups in total. The first-order valence-electron chi connectivity index (χ1n) is 16.6. The number of benzene rings is 3. The van der Waals surface area contributed by atoms with E-state index < -0.39 is 11.7 Å². The van der Waals surface area contributed by atoms with Gasteiger partial charge in [0.15, 0.2) is 16.5 Å². The molecule has 0 radical (unpaired) electrons. The highest BCUT2D eigenvalue weighted by atomic mass is 32.1. The molecule has 0 aliphatic carbocycles. The lowest BCUT2D eigenvalue weighted by Crippen LogP contribution is -2.41. The molecule has 254 valence electrons. The van der Waals surface area contributed by atoms with E-state index in [1.165, 1.54) is 17.7 Å². The van der Waals surface area contributed by atoms with E-state index in [1.807, 2.05) is 54.6 Å². The van der Waals surface area contributed by atoms with Gasteiger partial charge in [0.25, 0.3) is 5.91 Å². The minimum absolute atomic E-state index is 0.150. The fraction of sp³-hybridized carbons (Fsp3) is 0.154. The van der Waals surface area contributed by atoms with Crippen LogP contribution < -0.4 is 16.8 Å². The molecule has 1 saturated heterocycles. The van der Waals surface area contributed by atoms with Crippen molar-refractivity contribution < 1.29 is 9.18 Å². The first-order chi connectivity index (χ1) is 24.8. The molecule has 0 atom stereocenters. The van der Waals surface area contributed by atoms with Gasteiger partial charge >= 0.3 is 0 Å². The third kappa shape index (κ3) is 6.42. The Labute approximate surface area is 297 Å². The Morgan fingerprint density at radius 3 is 2.49 bits per heavy atom. The lowest BCUT2D eigenvalue weighted by atomic mass is 10.0. The average Bonchev–Trinajstić information content (AvgIpc) is 3.75. The van der Waals surface area contributed by atoms with Crippen LogP contribution in [0.3, 0.4) is 0 Å². The summed E-state index contributed by atoms with van der Waals surface area (Å²) in [6, 6.07) is 29.3. The second-order valence-corrected chi connectivity index (χ2v) is 13.7. The number of aromatic nitrogens is 5. The summed E-state index contributed by atoms with van der Waals surface area (Å²) in [5, 5.41) is 3.63. The van der Waals surface area contributed by atoms with E-state index in [9.17, 15) is 9.18 Å². The molecule has 1 fully saturated rings. The van der Waals surface area contributed by atoms with E-state index in [1.54, 1.807) is 6.20 Å². The maximum Gasteiger partial charge on any atom is 0.277 e. The highest BCUT2D eigenvalue weighted by Gasteiger charge is 2.23. The highest BCUT2D eigenvalue weighted by molar-refractivity contribution is 7.20. The number of piperidine rings is 1. The van der Waals surface area contributed by atoms with Crippen molar-refractivity contribution >= 4 is 50.1 Å². The minimum Gasteiger partial charge on any atom is -0.383 e. The van der Waals surface area contributed by atoms with Crippen LogP contribution >= 0.6 is 11.3 Å². The number of rotatable bonds is 9. The highest BCUT2D eigenvalue weighted by Crippen LogP contribution is 2.33. The van der Waals surface area contributed by atoms with Crippen LogP contribution in [0.15, 0.2) is 104 Å². The van der Waals surface area contributed by atoms with Crippen molar-refractivity contribution in [1.82, 2.24) is 34.7 Å². The van der Waals surface area contributed by atoms with E-state index in [2.05, 4.69) is 55.6 Å². The predicted molar refractivity (Wildman–Crippen MR) is 201 cm³/mol. The van der Waals surface area contributed by atoms with E-state index in [4.69, 9.17) is 21.4 Å². The van der Waals surface area contributed by atoms with Crippen molar-refractivity contribution in [3.05, 3.63) is 126 Å². The lowest BCUT2D eigenvalue weighted by Gasteiger charge is -2.33. The number of nitrogens with zero attached hydrogens (tertiary/aromatic N) is 6. The van der Waals surface area contributed by atoms with Crippen LogP contribution in [0.1, 0.15) is 33.8 Å². The normalized spacial score (nSPS) is 13.9. The standard InChI is InChI=1S/C39H34FN9OS/c1-23(30-20-26(40)21-33-34(30)47-39(51-33)36(42)50)44-27-15-18-48(19-16-27)22-24-9-11-28(12-10-24)49-37(29-8-5-17-43-35(29)41)46-32-14-13-31(45-38(32)49)25-6-3-2-4-7-25/h2-14,17,20-21,27,44H,1,15-16,18-19,22H2,(H2,41,43)(H2,42,50). The van der Waals surface area contributed by atoms with Gasteiger partial charge in [0.2, 0.25) is 0 Å². The zero-order valence-corrected chi connectivity index (χ0v) is 28.4. The maximum atomic E-state index is 14.4. The number of carbonyl (C=O) groups is 1. The van der Waals surface area contributed by atoms with Gasteiger partial charge in [-0.1, -0.05) is 49.0 Å². The molecule has 0 unspecified atom stereocenters. The summed E-state index contributed by atoms with van der Waals surface area (Å²) in [6.07, 6.45) is 3.46. The summed E-state index contributed by atoms with van der Waals surface area (Å²) in [4.78, 5) is 32.8. The largest absolute Gasteiger partial charge is 0.383 e. The molecule has 0 saturated carbocycles. The predicted octanol–water partition coefficient (Wildman–Crippen LogP) is 6.80. The minimum atomic E-state index is -0.632. The molecular weight excluding hydrogens is 662 g/mol. The molecular formula is C39H34FN9OS. The Kier molecular flexibility index (Phi) is 8.46. The number of pyridine rings is 2. The van der Waals surface area contributed by atoms with Crippen molar-refractivity contribution in [3.8, 4) is 28.3 Å². The first kappa shape index (κ1) is 32.2. The van der Waals surface area contributed by atoms with Gasteiger partial charge in [-0.15, -0.1) is 11.3 Å². The molecule has 1 amide bonds. The number of primary amides is 1. The van der Waals surface area contributed by atoms with E-state index in [-0.39, 0.29) is 11.0 Å². The second kappa shape index (κ2) is 13.4. The van der Waals surface area contributed by atoms with Crippen molar-refractivity contribution in [1.29, 1.82) is 0 Å². The molecule has 3 aromatic carbocycles. The number of nitrogens with one attached hydrogen (secondary N) is 1. The van der Waals surface area contributed by atoms with Crippen LogP contribution in [0, 0.1) is 5.82 Å². The van der Waals surface area contributed by atoms with Gasteiger partial charge in [0.1, 0.15) is 17.2 Å². The number of hydrogen-bond donors (Lipinski definition) is 3. The topological polar surface area (TPSA) is 141 Å². The van der Waals surface area contributed by atoms with Crippen molar-refractivity contribution in [2.75, 3.05) is 18.8 Å². The SMILES string of the molecule is C=C(NC1CCN(Cc2ccc(-n3c(-c4cccnc4N)nc4ccc(-c5ccccc5)nc43)cc2)CC1)c1cc(F)cc2sc(C(N)=O)nc12. The van der Waals surface area contributed by atoms with Gasteiger partial charge in [-0.2, -0.15) is 0 Å². The fourth-order valence-corrected chi connectivity index (χ4v) is 7.53. The van der Waals surface area contributed by atoms with Crippen molar-refractivity contribution in [3.63, 3.8) is 0 Å². The summed E-state index contributed by atoms with van der Waals surface area (Å²) in [6.45, 7) is 6.76. The molecule has 7 aromatic rings. The number of imidazole rings is 1. The van der Waals surface area contributed by atoms with Gasteiger partial charge in [-0.25, -0.2) is 24.3 Å². The molecule has 0 bridgehead atoms. The Hall–Kier alpha value is -5.98. The summed E-state index contributed by atoms with van der Waals surface area (Å²) in [7, 11) is 0. The zero-order valence-electron chi connectivity index (χ0n) is 27.6. The number of anilines is 1. The summed E-state index contributed by atoms with van der Waals surface area (Å²) < 4.78 is 17.1. The first-order valence-corrected chi connectivity index (χ1v) is 17.5. The summed E-state index contributed by atoms with van der Waals surface area (Å²) >= 11 is 1.08. The van der Waals surface area contributed by atoms with Gasteiger partial charge in [-0.3, -0.25) is 14.3 Å². The fourth-order valence-electron chi connectivity index (χ4n) is 6.66. The number of nitrogens with two attached hydrogens (primary N) is 2. The molecule has 0 spiro atoms. The van der Waals surface area contributed by atoms with Crippen LogP contribution in [0.25, 0.3) is 55.4 Å². The van der Waals surface area contributed by atoms with Crippen molar-refractivity contribution in [2.24, 2.45) is 5.73 Å². The number of carbonyl (C=O) groups excluding carboxylic acids is 1. The smallest absolute Gasteiger partial charge is 0.277 e. The zero-order chi connectivity index (χ0) is 35.1. The van der Waals surface area contributed by atoms with E-state index >= 15 is 0 Å². The molecule has 51 heavy (non-hydrogen) atoms. The second-order valence-electron chi connectivity index (χ2n) is 12.6. The van der Waals surface area contributed by atoms with Gasteiger partial charge in [0, 0.05) is 54.4 Å². The van der Waals surface area contributed by atoms with Crippen LogP contribution in [0.5, 0.6) is 0 Å². The molecule has 12 heteroatoms. The molecule has 4 aromatic heterocycles. The number of halogens is 1. The van der Waals surface area contributed by atoms with Gasteiger partial charge in [-0.05, 0) is 66.9 Å². The van der Waals surface area contributed by atoms with Crippen LogP contribution in [-0.2, 0) is 6.54 Å². The van der Waals surface area contributed by atoms with Crippen LogP contribution in [0.2, 0.25) is 0 Å². The third-order valence-corrected chi connectivity index (χ3v) is 10.2. The number of fused-ring (bicyclic) bond motifs is 2. The van der Waals surface area contributed by atoms with Crippen LogP contribution in [0.4, 0.5) is 10.2 Å². The van der Waals surface area contributed by atoms with Crippen LogP contribution in [-0.4, -0.2) is 54.4 Å². The number of nitrogen functional groups attached to an aromatic ring is 1. The Morgan fingerprint density at radius 2 is 1.75 bits per heavy atom. The molecule has 5 heterocycles. The van der Waals surface area contributed by atoms with Gasteiger partial charge in [0.05, 0.1) is 21.5 Å². The Balaban J connectivity index is 0.986. The number of amides is 1. The molecule has 8 rings (SSSR count). The molecule has 1 aliphatic rings. The molecule has 10 nitrogen and oxygen atoms in total. The molecule has 1 aliphatic heterocycles. The number of thiazole rings is 1. The van der Waals surface area contributed by atoms with E-state index in [0.29, 0.717) is 33.1 Å². The van der Waals surface area contributed by atoms with Crippen molar-refractivity contribution in [2.45, 2.75) is 25.4 Å². The summed E-state index contributed by atoms with van der Waals surface area (Å²) in [5.74, 6) is 0.0413. The maximum absolute atomic E-state index is 14.4. The van der Waals surface area contributed by atoms with Gasteiger partial charge < -0.3 is 16.8 Å². The van der Waals surface area contributed by atoms with E-state index in [0.717, 1.165) is 77.5 Å². The average molecular weight is 696 g/mol. The third-order valence-electron chi connectivity index (χ3n) is 9.22. The number of likely N-dealkylation sites (tertiary alicyclic amines) is 1. The summed E-state index contributed by atoms with van der Waals surface area (Å²) in [5.41, 5.74) is 19.7. The lowest BCUT2D eigenvalue weighted by molar-refractivity contribution is 0.1000. The monoisotopic (exact) mass is 695 g/mol. The Morgan fingerprint density at radius 1 is 0.961 bits per heavy atom. The quantitative estimate of drug-likeness (QED) is 0.150. The number of hydrogen-bond acceptors (Lipinski definition) is 9. The Bertz CT molecular complexity index is 2420.